The molecule has 2 aromatic heterocycles. The normalized spacial score (nSPS) is 11.6. The summed E-state index contributed by atoms with van der Waals surface area (Å²) >= 11 is 0. The number of benzene rings is 11. The summed E-state index contributed by atoms with van der Waals surface area (Å²) in [4.78, 5) is 16.4. The van der Waals surface area contributed by atoms with E-state index in [4.69, 9.17) is 15.0 Å². The van der Waals surface area contributed by atoms with Gasteiger partial charge in [-0.3, -0.25) is 4.57 Å². The fraction of sp³-hybridized carbons (Fsp3) is 0. The van der Waals surface area contributed by atoms with Crippen molar-refractivity contribution >= 4 is 79.4 Å². The van der Waals surface area contributed by atoms with Crippen LogP contribution < -0.4 is 41.5 Å². The van der Waals surface area contributed by atoms with Gasteiger partial charge < -0.3 is 0 Å². The fourth-order valence-electron chi connectivity index (χ4n) is 11.7. The Balaban J connectivity index is 1.03. The van der Waals surface area contributed by atoms with Crippen LogP contribution in [0.25, 0.3) is 61.7 Å². The van der Waals surface area contributed by atoms with Gasteiger partial charge >= 0.3 is 0 Å². The minimum absolute atomic E-state index is 0.490. The maximum atomic E-state index is 10.0. The highest BCUT2D eigenvalue weighted by Gasteiger charge is 2.43. The van der Waals surface area contributed by atoms with Gasteiger partial charge in [-0.1, -0.05) is 273 Å². The van der Waals surface area contributed by atoms with E-state index >= 15 is 0 Å². The first-order chi connectivity index (χ1) is 38.1. The third-order valence-corrected chi connectivity index (χ3v) is 24.8. The number of hydrogen-bond acceptors (Lipinski definition) is 4. The lowest BCUT2D eigenvalue weighted by Crippen LogP contribution is -2.74. The average Bonchev–Trinajstić information content (AvgIpc) is 3.95. The predicted molar refractivity (Wildman–Crippen MR) is 322 cm³/mol. The maximum absolute atomic E-state index is 10.0. The number of nitrogens with zero attached hydrogens (tertiary/aromatic N) is 5. The molecule has 7 heteroatoms. The van der Waals surface area contributed by atoms with Crippen LogP contribution in [0.3, 0.4) is 0 Å². The van der Waals surface area contributed by atoms with Crippen LogP contribution >= 0.6 is 0 Å². The standard InChI is InChI=1S/C70H49N5Si2/c71-50-51-38-47-67-65(48-51)64-36-19-20-37-66(64)75(67)70-73-68(72-69(74-70)55-24-21-35-63(49-55)77(58-29-13-4-14-30-58,59-31-15-5-16-32-59)60-33-17-6-18-34-60)54-41-45-62(46-42-54)76(56-25-9-2-10-26-56,57-27-11-3-12-28-57)61-43-39-53(40-44-61)52-22-7-1-8-23-52/h1-49H. The zero-order chi connectivity index (χ0) is 51.6. The Morgan fingerprint density at radius 3 is 1.17 bits per heavy atom. The van der Waals surface area contributed by atoms with Crippen LogP contribution in [0.1, 0.15) is 5.56 Å². The molecule has 0 aliphatic heterocycles. The monoisotopic (exact) mass is 1020 g/mol. The van der Waals surface area contributed by atoms with Crippen molar-refractivity contribution in [1.82, 2.24) is 19.5 Å². The van der Waals surface area contributed by atoms with Crippen molar-refractivity contribution in [1.29, 1.82) is 5.26 Å². The van der Waals surface area contributed by atoms with Crippen molar-refractivity contribution in [3.8, 4) is 45.9 Å². The second kappa shape index (κ2) is 20.1. The molecular weight excluding hydrogens is 967 g/mol. The molecule has 0 fully saturated rings. The second-order valence-corrected chi connectivity index (χ2v) is 27.0. The Bertz CT molecular complexity index is 4110. The van der Waals surface area contributed by atoms with Crippen LogP contribution in [0, 0.1) is 11.3 Å². The van der Waals surface area contributed by atoms with Crippen molar-refractivity contribution in [2.24, 2.45) is 0 Å². The van der Waals surface area contributed by atoms with Crippen molar-refractivity contribution in [2.45, 2.75) is 0 Å². The smallest absolute Gasteiger partial charge is 0.238 e. The third kappa shape index (κ3) is 8.21. The Labute approximate surface area is 450 Å². The number of rotatable bonds is 12. The Morgan fingerprint density at radius 1 is 0.286 bits per heavy atom. The Morgan fingerprint density at radius 2 is 0.662 bits per heavy atom. The molecule has 5 nitrogen and oxygen atoms in total. The summed E-state index contributed by atoms with van der Waals surface area (Å²) in [5.74, 6) is 1.60. The van der Waals surface area contributed by atoms with Crippen molar-refractivity contribution in [3.05, 3.63) is 303 Å². The van der Waals surface area contributed by atoms with Gasteiger partial charge in [0.1, 0.15) is 0 Å². The molecule has 0 saturated heterocycles. The SMILES string of the molecule is N#Cc1ccc2c(c1)c1ccccc1n2-c1nc(-c2ccc([Si](c3ccccc3)(c3ccccc3)c3ccc(-c4ccccc4)cc3)cc2)nc(-c2cccc([Si](c3ccccc3)(c3ccccc3)c3ccccc3)c2)n1. The van der Waals surface area contributed by atoms with E-state index in [-0.39, 0.29) is 0 Å². The minimum Gasteiger partial charge on any atom is -0.278 e. The van der Waals surface area contributed by atoms with Gasteiger partial charge in [-0.2, -0.15) is 15.2 Å². The summed E-state index contributed by atoms with van der Waals surface area (Å²) in [6.45, 7) is 0. The van der Waals surface area contributed by atoms with Crippen molar-refractivity contribution < 1.29 is 0 Å². The molecule has 13 rings (SSSR count). The van der Waals surface area contributed by atoms with Crippen molar-refractivity contribution in [3.63, 3.8) is 0 Å². The second-order valence-electron chi connectivity index (χ2n) is 19.4. The third-order valence-electron chi connectivity index (χ3n) is 15.2. The molecule has 0 N–H and O–H groups in total. The lowest BCUT2D eigenvalue weighted by Gasteiger charge is -2.34. The van der Waals surface area contributed by atoms with Crippen LogP contribution in [-0.2, 0) is 0 Å². The van der Waals surface area contributed by atoms with Crippen LogP contribution in [0.15, 0.2) is 297 Å². The first-order valence-electron chi connectivity index (χ1n) is 26.0. The van der Waals surface area contributed by atoms with Gasteiger partial charge in [-0.15, -0.1) is 0 Å². The molecule has 0 amide bonds. The summed E-state index contributed by atoms with van der Waals surface area (Å²) in [5.41, 5.74) is 6.56. The number of nitriles is 1. The summed E-state index contributed by atoms with van der Waals surface area (Å²) in [7, 11) is -5.84. The van der Waals surface area contributed by atoms with Crippen LogP contribution in [0.2, 0.25) is 0 Å². The van der Waals surface area contributed by atoms with Gasteiger partial charge in [-0.05, 0) is 76.9 Å². The van der Waals surface area contributed by atoms with Gasteiger partial charge in [0.2, 0.25) is 5.95 Å². The molecule has 0 spiro atoms. The quantitative estimate of drug-likeness (QED) is 0.0903. The number of hydrogen-bond donors (Lipinski definition) is 0. The van der Waals surface area contributed by atoms with E-state index in [0.717, 1.165) is 32.9 Å². The van der Waals surface area contributed by atoms with Gasteiger partial charge in [0.25, 0.3) is 0 Å². The van der Waals surface area contributed by atoms with E-state index in [1.807, 2.05) is 30.3 Å². The predicted octanol–water partition coefficient (Wildman–Crippen LogP) is 10.6. The summed E-state index contributed by atoms with van der Waals surface area (Å²) in [6, 6.07) is 109. The van der Waals surface area contributed by atoms with E-state index in [0.29, 0.717) is 23.2 Å². The molecule has 13 aromatic rings. The molecule has 77 heavy (non-hydrogen) atoms. The van der Waals surface area contributed by atoms with Crippen molar-refractivity contribution in [2.75, 3.05) is 0 Å². The molecule has 0 aliphatic carbocycles. The van der Waals surface area contributed by atoms with E-state index in [1.165, 1.54) is 52.6 Å². The zero-order valence-corrected chi connectivity index (χ0v) is 44.0. The highest BCUT2D eigenvalue weighted by molar-refractivity contribution is 7.20. The largest absolute Gasteiger partial charge is 0.278 e. The van der Waals surface area contributed by atoms with Gasteiger partial charge in [-0.25, -0.2) is 4.98 Å². The van der Waals surface area contributed by atoms with E-state index in [1.54, 1.807) is 0 Å². The summed E-state index contributed by atoms with van der Waals surface area (Å²) in [6.07, 6.45) is 0. The zero-order valence-electron chi connectivity index (χ0n) is 42.0. The summed E-state index contributed by atoms with van der Waals surface area (Å²) in [5, 5.41) is 22.2. The highest BCUT2D eigenvalue weighted by atomic mass is 28.3. The first kappa shape index (κ1) is 46.9. The molecule has 0 atom stereocenters. The molecule has 0 unspecified atom stereocenters. The number of aromatic nitrogens is 4. The molecule has 2 heterocycles. The van der Waals surface area contributed by atoms with Gasteiger partial charge in [0.15, 0.2) is 27.8 Å². The van der Waals surface area contributed by atoms with Crippen LogP contribution in [0.4, 0.5) is 0 Å². The van der Waals surface area contributed by atoms with Crippen LogP contribution in [-0.4, -0.2) is 35.7 Å². The lowest BCUT2D eigenvalue weighted by atomic mass is 10.1. The molecule has 0 aliphatic rings. The highest BCUT2D eigenvalue weighted by Crippen LogP contribution is 2.33. The van der Waals surface area contributed by atoms with Gasteiger partial charge in [0.05, 0.1) is 22.7 Å². The Kier molecular flexibility index (Phi) is 12.3. The topological polar surface area (TPSA) is 67.4 Å². The molecular formula is C70H49N5Si2. The average molecular weight is 1020 g/mol. The Hall–Kier alpha value is -9.85. The van der Waals surface area contributed by atoms with E-state index in [9.17, 15) is 5.26 Å². The molecule has 362 valence electrons. The molecule has 0 radical (unpaired) electrons. The lowest BCUT2D eigenvalue weighted by molar-refractivity contribution is 0.953. The van der Waals surface area contributed by atoms with Gasteiger partial charge in [0, 0.05) is 21.9 Å². The fourth-order valence-corrected chi connectivity index (χ4v) is 21.2. The van der Waals surface area contributed by atoms with E-state index < -0.39 is 16.1 Å². The maximum Gasteiger partial charge on any atom is 0.238 e. The molecule has 11 aromatic carbocycles. The van der Waals surface area contributed by atoms with Crippen LogP contribution in [0.5, 0.6) is 0 Å². The number of para-hydroxylation sites is 1. The van der Waals surface area contributed by atoms with E-state index in [2.05, 4.69) is 278 Å². The summed E-state index contributed by atoms with van der Waals surface area (Å²) < 4.78 is 2.12. The molecule has 0 saturated carbocycles. The molecule has 0 bridgehead atoms. The first-order valence-corrected chi connectivity index (χ1v) is 30.0. The number of fused-ring (bicyclic) bond motifs is 3. The minimum atomic E-state index is -2.92.